The number of ether oxygens (including phenoxy) is 1. The van der Waals surface area contributed by atoms with E-state index in [0.717, 1.165) is 10.0 Å². The molecule has 7 nitrogen and oxygen atoms in total. The first-order valence-electron chi connectivity index (χ1n) is 7.21. The second-order valence-electron chi connectivity index (χ2n) is 5.27. The third-order valence-electron chi connectivity index (χ3n) is 3.81. The van der Waals surface area contributed by atoms with Crippen molar-refractivity contribution in [3.8, 4) is 0 Å². The quantitative estimate of drug-likeness (QED) is 0.607. The molecule has 3 N–H and O–H groups in total. The van der Waals surface area contributed by atoms with Gasteiger partial charge in [0.2, 0.25) is 10.0 Å². The lowest BCUT2D eigenvalue weighted by Crippen LogP contribution is -2.47. The minimum Gasteiger partial charge on any atom is -0.469 e. The van der Waals surface area contributed by atoms with Gasteiger partial charge in [-0.25, -0.2) is 18.6 Å². The van der Waals surface area contributed by atoms with Crippen molar-refractivity contribution in [3.63, 3.8) is 0 Å². The molecule has 1 aromatic carbocycles. The molecule has 9 heteroatoms. The Morgan fingerprint density at radius 2 is 1.96 bits per heavy atom. The Bertz CT molecular complexity index is 650. The number of sulfonamides is 1. The molecule has 1 aromatic rings. The lowest BCUT2D eigenvalue weighted by Gasteiger charge is -2.20. The first-order valence-corrected chi connectivity index (χ1v) is 9.54. The van der Waals surface area contributed by atoms with Crippen molar-refractivity contribution in [1.29, 1.82) is 0 Å². The lowest BCUT2D eigenvalue weighted by atomic mass is 10.00. The van der Waals surface area contributed by atoms with Gasteiger partial charge in [-0.2, -0.15) is 0 Å². The largest absolute Gasteiger partial charge is 0.469 e. The zero-order chi connectivity index (χ0) is 17.0. The fourth-order valence-electron chi connectivity index (χ4n) is 2.51. The van der Waals surface area contributed by atoms with Crippen molar-refractivity contribution in [2.45, 2.75) is 31.3 Å². The van der Waals surface area contributed by atoms with E-state index in [2.05, 4.69) is 31.5 Å². The molecule has 0 radical (unpaired) electrons. The van der Waals surface area contributed by atoms with E-state index < -0.39 is 27.3 Å². The molecule has 0 spiro atoms. The topological polar surface area (TPSA) is 96.5 Å². The molecule has 1 aliphatic heterocycles. The van der Waals surface area contributed by atoms with Crippen molar-refractivity contribution < 1.29 is 17.9 Å². The van der Waals surface area contributed by atoms with Gasteiger partial charge in [0.05, 0.1) is 7.11 Å². The Kier molecular flexibility index (Phi) is 6.15. The number of hydrogen-bond donors (Lipinski definition) is 3. The van der Waals surface area contributed by atoms with E-state index in [1.807, 2.05) is 31.2 Å². The molecule has 23 heavy (non-hydrogen) atoms. The Hall–Kier alpha value is -1.00. The maximum absolute atomic E-state index is 12.5. The van der Waals surface area contributed by atoms with Crippen LogP contribution in [0.3, 0.4) is 0 Å². The van der Waals surface area contributed by atoms with Crippen LogP contribution in [0.15, 0.2) is 28.7 Å². The SMILES string of the molecule is CCC1NNC(S(=O)(=O)NCc2ccc(Br)cc2)C1C(=O)OC. The third-order valence-corrected chi connectivity index (χ3v) is 5.96. The maximum atomic E-state index is 12.5. The van der Waals surface area contributed by atoms with Crippen LogP contribution < -0.4 is 15.6 Å². The van der Waals surface area contributed by atoms with Gasteiger partial charge in [-0.1, -0.05) is 35.0 Å². The molecule has 2 rings (SSSR count). The van der Waals surface area contributed by atoms with Crippen LogP contribution >= 0.6 is 15.9 Å². The number of esters is 1. The summed E-state index contributed by atoms with van der Waals surface area (Å²) < 4.78 is 33.3. The van der Waals surface area contributed by atoms with Crippen LogP contribution in [0, 0.1) is 5.92 Å². The summed E-state index contributed by atoms with van der Waals surface area (Å²) in [7, 11) is -2.50. The predicted octanol–water partition coefficient (Wildman–Crippen LogP) is 0.870. The van der Waals surface area contributed by atoms with Gasteiger partial charge in [0.15, 0.2) is 5.37 Å². The Labute approximate surface area is 144 Å². The van der Waals surface area contributed by atoms with Crippen molar-refractivity contribution in [2.75, 3.05) is 7.11 Å². The van der Waals surface area contributed by atoms with Crippen LogP contribution in [0.1, 0.15) is 18.9 Å². The minimum atomic E-state index is -3.75. The summed E-state index contributed by atoms with van der Waals surface area (Å²) in [6, 6.07) is 7.02. The molecule has 3 atom stereocenters. The van der Waals surface area contributed by atoms with E-state index in [1.165, 1.54) is 7.11 Å². The first-order chi connectivity index (χ1) is 10.9. The number of methoxy groups -OCH3 is 1. The summed E-state index contributed by atoms with van der Waals surface area (Å²) in [5, 5.41) is -1.07. The van der Waals surface area contributed by atoms with Gasteiger partial charge in [-0.15, -0.1) is 0 Å². The zero-order valence-corrected chi connectivity index (χ0v) is 15.3. The summed E-state index contributed by atoms with van der Waals surface area (Å²) >= 11 is 3.33. The predicted molar refractivity (Wildman–Crippen MR) is 89.5 cm³/mol. The van der Waals surface area contributed by atoms with E-state index in [-0.39, 0.29) is 12.6 Å². The molecule has 1 heterocycles. The number of hydrogen-bond acceptors (Lipinski definition) is 6. The first kappa shape index (κ1) is 18.3. The van der Waals surface area contributed by atoms with Crippen LogP contribution in [0.2, 0.25) is 0 Å². The number of benzene rings is 1. The summed E-state index contributed by atoms with van der Waals surface area (Å²) in [4.78, 5) is 12.0. The number of halogens is 1. The highest BCUT2D eigenvalue weighted by atomic mass is 79.9. The van der Waals surface area contributed by atoms with Gasteiger partial charge in [-0.05, 0) is 24.1 Å². The maximum Gasteiger partial charge on any atom is 0.313 e. The molecule has 1 fully saturated rings. The molecular weight excluding hydrogens is 386 g/mol. The Morgan fingerprint density at radius 1 is 1.30 bits per heavy atom. The van der Waals surface area contributed by atoms with Crippen molar-refractivity contribution >= 4 is 31.9 Å². The van der Waals surface area contributed by atoms with E-state index in [0.29, 0.717) is 6.42 Å². The Balaban J connectivity index is 2.11. The molecule has 1 aliphatic rings. The number of carbonyl (C=O) groups excluding carboxylic acids is 1. The van der Waals surface area contributed by atoms with Crippen LogP contribution in [0.5, 0.6) is 0 Å². The van der Waals surface area contributed by atoms with E-state index in [1.54, 1.807) is 0 Å². The van der Waals surface area contributed by atoms with Crippen molar-refractivity contribution in [1.82, 2.24) is 15.6 Å². The Morgan fingerprint density at radius 3 is 2.52 bits per heavy atom. The number of rotatable bonds is 6. The van der Waals surface area contributed by atoms with Crippen LogP contribution in [-0.4, -0.2) is 32.9 Å². The van der Waals surface area contributed by atoms with Gasteiger partial charge in [-0.3, -0.25) is 10.2 Å². The highest BCUT2D eigenvalue weighted by Crippen LogP contribution is 2.23. The molecule has 3 unspecified atom stereocenters. The summed E-state index contributed by atoms with van der Waals surface area (Å²) in [6.07, 6.45) is 0.603. The van der Waals surface area contributed by atoms with Gasteiger partial charge in [0.1, 0.15) is 5.92 Å². The summed E-state index contributed by atoms with van der Waals surface area (Å²) in [5.74, 6) is -1.35. The molecule has 0 amide bonds. The van der Waals surface area contributed by atoms with Crippen LogP contribution in [0.4, 0.5) is 0 Å². The molecule has 0 saturated carbocycles. The van der Waals surface area contributed by atoms with E-state index in [9.17, 15) is 13.2 Å². The fraction of sp³-hybridized carbons (Fsp3) is 0.500. The van der Waals surface area contributed by atoms with Gasteiger partial charge in [0.25, 0.3) is 0 Å². The normalized spacial score (nSPS) is 24.6. The van der Waals surface area contributed by atoms with Crippen LogP contribution in [0.25, 0.3) is 0 Å². The van der Waals surface area contributed by atoms with Gasteiger partial charge in [0, 0.05) is 17.1 Å². The highest BCUT2D eigenvalue weighted by molar-refractivity contribution is 9.10. The monoisotopic (exact) mass is 405 g/mol. The fourth-order valence-corrected chi connectivity index (χ4v) is 4.23. The smallest absolute Gasteiger partial charge is 0.313 e. The van der Waals surface area contributed by atoms with Crippen molar-refractivity contribution in [3.05, 3.63) is 34.3 Å². The molecule has 0 aromatic heterocycles. The molecule has 128 valence electrons. The lowest BCUT2D eigenvalue weighted by molar-refractivity contribution is -0.145. The summed E-state index contributed by atoms with van der Waals surface area (Å²) in [6.45, 7) is 2.03. The van der Waals surface area contributed by atoms with Crippen molar-refractivity contribution in [2.24, 2.45) is 5.92 Å². The molecular formula is C14H20BrN3O4S. The minimum absolute atomic E-state index is 0.151. The number of nitrogens with one attached hydrogen (secondary N) is 3. The zero-order valence-electron chi connectivity index (χ0n) is 12.9. The number of hydrazine groups is 1. The summed E-state index contributed by atoms with van der Waals surface area (Å²) in [5.41, 5.74) is 6.38. The second kappa shape index (κ2) is 7.71. The average molecular weight is 406 g/mol. The number of carbonyl (C=O) groups is 1. The highest BCUT2D eigenvalue weighted by Gasteiger charge is 2.47. The molecule has 1 saturated heterocycles. The van der Waals surface area contributed by atoms with E-state index >= 15 is 0 Å². The van der Waals surface area contributed by atoms with Crippen LogP contribution in [-0.2, 0) is 26.1 Å². The average Bonchev–Trinajstić information content (AvgIpc) is 2.98. The van der Waals surface area contributed by atoms with Gasteiger partial charge >= 0.3 is 5.97 Å². The molecule has 0 aliphatic carbocycles. The van der Waals surface area contributed by atoms with E-state index in [4.69, 9.17) is 4.74 Å². The third kappa shape index (κ3) is 4.30. The second-order valence-corrected chi connectivity index (χ2v) is 8.07. The van der Waals surface area contributed by atoms with Gasteiger partial charge < -0.3 is 4.74 Å². The molecule has 0 bridgehead atoms. The standard InChI is InChI=1S/C14H20BrN3O4S/c1-3-11-12(14(19)22-2)13(18-17-11)23(20,21)16-8-9-4-6-10(15)7-5-9/h4-7,11-13,16-18H,3,8H2,1-2H3.